The molecule has 0 bridgehead atoms. The fraction of sp³-hybridized carbons (Fsp3) is 0.474. The number of benzene rings is 1. The highest BCUT2D eigenvalue weighted by atomic mass is 32.2. The Kier molecular flexibility index (Phi) is 5.98. The number of aromatic nitrogens is 2. The molecule has 0 saturated carbocycles. The lowest BCUT2D eigenvalue weighted by Crippen LogP contribution is -2.23. The number of thioether (sulfide) groups is 1. The molecule has 0 aliphatic carbocycles. The average Bonchev–Trinajstić information content (AvgIpc) is 3.19. The molecule has 5 nitrogen and oxygen atoms in total. The molecule has 0 unspecified atom stereocenters. The van der Waals surface area contributed by atoms with Gasteiger partial charge in [0.25, 0.3) is 0 Å². The van der Waals surface area contributed by atoms with E-state index in [9.17, 15) is 9.18 Å². The molecule has 1 aromatic heterocycles. The van der Waals surface area contributed by atoms with Crippen molar-refractivity contribution in [1.82, 2.24) is 9.55 Å². The summed E-state index contributed by atoms with van der Waals surface area (Å²) >= 11 is 1.41. The minimum absolute atomic E-state index is 0.178. The highest BCUT2D eigenvalue weighted by molar-refractivity contribution is 8.00. The summed E-state index contributed by atoms with van der Waals surface area (Å²) in [5.41, 5.74) is 2.52. The predicted molar refractivity (Wildman–Crippen MR) is 101 cm³/mol. The summed E-state index contributed by atoms with van der Waals surface area (Å²) in [5.74, 6) is -0.552. The number of amides is 1. The fourth-order valence-electron chi connectivity index (χ4n) is 2.94. The first kappa shape index (κ1) is 18.9. The van der Waals surface area contributed by atoms with Crippen LogP contribution in [0.15, 0.2) is 29.4 Å². The summed E-state index contributed by atoms with van der Waals surface area (Å²) in [5, 5.41) is 3.21. The van der Waals surface area contributed by atoms with Crippen molar-refractivity contribution in [2.45, 2.75) is 56.7 Å². The molecule has 1 aliphatic heterocycles. The van der Waals surface area contributed by atoms with Gasteiger partial charge in [-0.05, 0) is 51.8 Å². The lowest BCUT2D eigenvalue weighted by Gasteiger charge is -2.16. The Labute approximate surface area is 157 Å². The molecule has 3 rings (SSSR count). The van der Waals surface area contributed by atoms with E-state index < -0.39 is 0 Å². The Morgan fingerprint density at radius 2 is 2.31 bits per heavy atom. The van der Waals surface area contributed by atoms with Gasteiger partial charge in [-0.15, -0.1) is 0 Å². The third kappa shape index (κ3) is 4.45. The molecule has 1 aromatic carbocycles. The minimum Gasteiger partial charge on any atom is -0.376 e. The van der Waals surface area contributed by atoms with Crippen LogP contribution in [0.1, 0.15) is 31.2 Å². The summed E-state index contributed by atoms with van der Waals surface area (Å²) in [6, 6.07) is 5.90. The van der Waals surface area contributed by atoms with Gasteiger partial charge in [-0.1, -0.05) is 17.8 Å². The van der Waals surface area contributed by atoms with E-state index in [1.165, 1.54) is 23.9 Å². The van der Waals surface area contributed by atoms with Gasteiger partial charge >= 0.3 is 0 Å². The lowest BCUT2D eigenvalue weighted by molar-refractivity contribution is -0.115. The summed E-state index contributed by atoms with van der Waals surface area (Å²) < 4.78 is 21.2. The van der Waals surface area contributed by atoms with Crippen molar-refractivity contribution in [3.63, 3.8) is 0 Å². The number of carbonyl (C=O) groups excluding carboxylic acids is 1. The number of nitrogens with one attached hydrogen (secondary N) is 1. The Morgan fingerprint density at radius 1 is 1.50 bits per heavy atom. The second-order valence-corrected chi connectivity index (χ2v) is 7.88. The maximum Gasteiger partial charge on any atom is 0.237 e. The van der Waals surface area contributed by atoms with Gasteiger partial charge in [-0.2, -0.15) is 0 Å². The summed E-state index contributed by atoms with van der Waals surface area (Å²) in [6.07, 6.45) is 2.35. The van der Waals surface area contributed by atoms with Gasteiger partial charge < -0.3 is 14.6 Å². The quantitative estimate of drug-likeness (QED) is 0.775. The first-order chi connectivity index (χ1) is 12.4. The average molecular weight is 377 g/mol. The molecule has 1 fully saturated rings. The van der Waals surface area contributed by atoms with E-state index in [-0.39, 0.29) is 23.1 Å². The first-order valence-corrected chi connectivity index (χ1v) is 9.70. The van der Waals surface area contributed by atoms with E-state index in [1.807, 2.05) is 20.8 Å². The largest absolute Gasteiger partial charge is 0.376 e. The second-order valence-electron chi connectivity index (χ2n) is 6.57. The van der Waals surface area contributed by atoms with Gasteiger partial charge in [0.05, 0.1) is 23.6 Å². The van der Waals surface area contributed by atoms with E-state index >= 15 is 0 Å². The van der Waals surface area contributed by atoms with Crippen LogP contribution >= 0.6 is 11.8 Å². The number of hydrogen-bond acceptors (Lipinski definition) is 4. The zero-order valence-electron chi connectivity index (χ0n) is 15.3. The molecule has 2 heterocycles. The van der Waals surface area contributed by atoms with Crippen LogP contribution in [0.2, 0.25) is 0 Å². The van der Waals surface area contributed by atoms with Crippen molar-refractivity contribution in [1.29, 1.82) is 0 Å². The van der Waals surface area contributed by atoms with Crippen LogP contribution in [0.5, 0.6) is 0 Å². The number of halogens is 1. The molecule has 26 heavy (non-hydrogen) atoms. The molecule has 0 radical (unpaired) electrons. The highest BCUT2D eigenvalue weighted by Gasteiger charge is 2.23. The third-order valence-electron chi connectivity index (χ3n) is 4.58. The van der Waals surface area contributed by atoms with E-state index in [0.29, 0.717) is 5.69 Å². The monoisotopic (exact) mass is 377 g/mol. The molecule has 2 atom stereocenters. The molecule has 1 aliphatic rings. The second kappa shape index (κ2) is 8.22. The normalized spacial score (nSPS) is 18.1. The van der Waals surface area contributed by atoms with Crippen molar-refractivity contribution in [3.8, 4) is 0 Å². The van der Waals surface area contributed by atoms with Crippen LogP contribution in [0.3, 0.4) is 0 Å². The molecule has 1 saturated heterocycles. The Morgan fingerprint density at radius 3 is 3.00 bits per heavy atom. The van der Waals surface area contributed by atoms with Crippen molar-refractivity contribution < 1.29 is 13.9 Å². The van der Waals surface area contributed by atoms with E-state index in [0.717, 1.165) is 42.5 Å². The molecule has 0 spiro atoms. The zero-order chi connectivity index (χ0) is 18.7. The number of anilines is 1. The lowest BCUT2D eigenvalue weighted by atomic mass is 10.2. The van der Waals surface area contributed by atoms with Crippen LogP contribution in [0.4, 0.5) is 10.1 Å². The van der Waals surface area contributed by atoms with Crippen LogP contribution < -0.4 is 5.32 Å². The number of carbonyl (C=O) groups is 1. The van der Waals surface area contributed by atoms with Gasteiger partial charge in [0.15, 0.2) is 5.16 Å². The van der Waals surface area contributed by atoms with Gasteiger partial charge in [-0.25, -0.2) is 9.37 Å². The standard InChI is InChI=1S/C19H24FN3O2S/c1-12-13(2)23(11-17-8-5-9-25-17)19(21-12)26-14(3)18(24)22-16-7-4-6-15(20)10-16/h4,6-7,10,14,17H,5,8-9,11H2,1-3H3,(H,22,24)/t14-,17+/m0/s1. The number of imidazole rings is 1. The SMILES string of the molecule is Cc1nc(S[C@@H](C)C(=O)Nc2cccc(F)c2)n(C[C@H]2CCCO2)c1C. The maximum absolute atomic E-state index is 13.3. The Balaban J connectivity index is 1.69. The minimum atomic E-state index is -0.374. The Hall–Kier alpha value is -1.86. The smallest absolute Gasteiger partial charge is 0.237 e. The summed E-state index contributed by atoms with van der Waals surface area (Å²) in [6.45, 7) is 7.41. The van der Waals surface area contributed by atoms with Gasteiger partial charge in [0.1, 0.15) is 5.82 Å². The highest BCUT2D eigenvalue weighted by Crippen LogP contribution is 2.28. The van der Waals surface area contributed by atoms with Gasteiger partial charge in [0, 0.05) is 18.0 Å². The molecular weight excluding hydrogens is 353 g/mol. The predicted octanol–water partition coefficient (Wildman–Crippen LogP) is 3.94. The number of hydrogen-bond donors (Lipinski definition) is 1. The molecule has 140 valence electrons. The topological polar surface area (TPSA) is 56.2 Å². The zero-order valence-corrected chi connectivity index (χ0v) is 16.1. The van der Waals surface area contributed by atoms with Crippen molar-refractivity contribution in [2.75, 3.05) is 11.9 Å². The van der Waals surface area contributed by atoms with Crippen LogP contribution in [0.25, 0.3) is 0 Å². The molecule has 1 N–H and O–H groups in total. The van der Waals surface area contributed by atoms with Crippen molar-refractivity contribution in [3.05, 3.63) is 41.5 Å². The van der Waals surface area contributed by atoms with E-state index in [2.05, 4.69) is 14.9 Å². The van der Waals surface area contributed by atoms with E-state index in [4.69, 9.17) is 4.74 Å². The summed E-state index contributed by atoms with van der Waals surface area (Å²) in [7, 11) is 0. The maximum atomic E-state index is 13.3. The van der Waals surface area contributed by atoms with Crippen LogP contribution in [-0.2, 0) is 16.1 Å². The van der Waals surface area contributed by atoms with Crippen molar-refractivity contribution >= 4 is 23.4 Å². The van der Waals surface area contributed by atoms with E-state index in [1.54, 1.807) is 12.1 Å². The summed E-state index contributed by atoms with van der Waals surface area (Å²) in [4.78, 5) is 17.1. The van der Waals surface area contributed by atoms with Gasteiger partial charge in [0.2, 0.25) is 5.91 Å². The van der Waals surface area contributed by atoms with Crippen LogP contribution in [-0.4, -0.2) is 33.4 Å². The Bertz CT molecular complexity index is 787. The van der Waals surface area contributed by atoms with Crippen LogP contribution in [0, 0.1) is 19.7 Å². The third-order valence-corrected chi connectivity index (χ3v) is 5.67. The molecule has 2 aromatic rings. The number of ether oxygens (including phenoxy) is 1. The number of aryl methyl sites for hydroxylation is 1. The number of nitrogens with zero attached hydrogens (tertiary/aromatic N) is 2. The molecule has 7 heteroatoms. The molecule has 1 amide bonds. The molecular formula is C19H24FN3O2S. The van der Waals surface area contributed by atoms with Crippen molar-refractivity contribution in [2.24, 2.45) is 0 Å². The van der Waals surface area contributed by atoms with Gasteiger partial charge in [-0.3, -0.25) is 4.79 Å². The first-order valence-electron chi connectivity index (χ1n) is 8.82. The fourth-order valence-corrected chi connectivity index (χ4v) is 3.95. The number of rotatable bonds is 6.